The molecule has 1 fully saturated rings. The van der Waals surface area contributed by atoms with Gasteiger partial charge in [-0.05, 0) is 78.6 Å². The number of Topliss-reactive ketones (excluding diaryl/α,β-unsaturated/α-hetero) is 1. The number of hydrogen-bond acceptors (Lipinski definition) is 5. The van der Waals surface area contributed by atoms with E-state index < -0.39 is 17.7 Å². The Kier molecular flexibility index (Phi) is 5.27. The minimum atomic E-state index is -0.772. The van der Waals surface area contributed by atoms with Gasteiger partial charge in [-0.15, -0.1) is 0 Å². The summed E-state index contributed by atoms with van der Waals surface area (Å²) >= 11 is 3.40. The Balaban J connectivity index is 1.68. The van der Waals surface area contributed by atoms with Crippen molar-refractivity contribution >= 4 is 39.1 Å². The van der Waals surface area contributed by atoms with Gasteiger partial charge in [0.15, 0.2) is 0 Å². The molecule has 7 heteroatoms. The van der Waals surface area contributed by atoms with Gasteiger partial charge in [0.2, 0.25) is 0 Å². The summed E-state index contributed by atoms with van der Waals surface area (Å²) in [4.78, 5) is 31.8. The number of aliphatic hydroxyl groups excluding tert-OH is 1. The van der Waals surface area contributed by atoms with Gasteiger partial charge in [0, 0.05) is 28.1 Å². The van der Waals surface area contributed by atoms with Gasteiger partial charge in [-0.25, -0.2) is 0 Å². The predicted octanol–water partition coefficient (Wildman–Crippen LogP) is 4.80. The fourth-order valence-electron chi connectivity index (χ4n) is 4.22. The third kappa shape index (κ3) is 3.48. The molecule has 1 N–H and O–H groups in total. The van der Waals surface area contributed by atoms with Crippen molar-refractivity contribution in [1.29, 1.82) is 0 Å². The number of anilines is 1. The Labute approximate surface area is 193 Å². The van der Waals surface area contributed by atoms with Gasteiger partial charge in [0.25, 0.3) is 11.7 Å². The van der Waals surface area contributed by atoms with Crippen molar-refractivity contribution in [3.63, 3.8) is 0 Å². The number of ketones is 1. The third-order valence-corrected chi connectivity index (χ3v) is 6.28. The second-order valence-corrected chi connectivity index (χ2v) is 8.62. The SMILES string of the molecule is O=C1C(=O)N(c2ccc(Br)cc2)C(c2ccncc2)/C1=C(/O)c1ccc2c(c1)CCCO2. The standard InChI is InChI=1S/C25H19BrN2O4/c26-18-4-6-19(7-5-18)28-22(15-9-11-27-12-10-15)21(24(30)25(28)31)23(29)17-3-8-20-16(14-17)2-1-13-32-20/h3-12,14,22,29H,1-2,13H2/b23-21-. The molecule has 2 aromatic carbocycles. The number of pyridine rings is 1. The van der Waals surface area contributed by atoms with E-state index in [1.807, 2.05) is 18.2 Å². The number of carbonyl (C=O) groups is 2. The molecule has 3 aromatic rings. The van der Waals surface area contributed by atoms with Crippen LogP contribution in [-0.2, 0) is 16.0 Å². The Bertz CT molecular complexity index is 1240. The lowest BCUT2D eigenvalue weighted by Gasteiger charge is -2.25. The molecule has 0 saturated carbocycles. The van der Waals surface area contributed by atoms with Crippen molar-refractivity contribution in [2.24, 2.45) is 0 Å². The van der Waals surface area contributed by atoms with Gasteiger partial charge in [0.1, 0.15) is 11.5 Å². The van der Waals surface area contributed by atoms with Gasteiger partial charge in [-0.3, -0.25) is 19.5 Å². The quantitative estimate of drug-likeness (QED) is 0.324. The van der Waals surface area contributed by atoms with Crippen molar-refractivity contribution in [2.75, 3.05) is 11.5 Å². The zero-order chi connectivity index (χ0) is 22.2. The highest BCUT2D eigenvalue weighted by molar-refractivity contribution is 9.10. The van der Waals surface area contributed by atoms with E-state index in [9.17, 15) is 14.7 Å². The number of carbonyl (C=O) groups excluding carboxylic acids is 2. The molecule has 160 valence electrons. The number of hydrogen-bond donors (Lipinski definition) is 1. The fraction of sp³-hybridized carbons (Fsp3) is 0.160. The Hall–Kier alpha value is -3.45. The van der Waals surface area contributed by atoms with Crippen molar-refractivity contribution < 1.29 is 19.4 Å². The number of aliphatic hydroxyl groups is 1. The molecule has 0 aliphatic carbocycles. The number of rotatable bonds is 3. The fourth-order valence-corrected chi connectivity index (χ4v) is 4.49. The molecule has 1 saturated heterocycles. The molecule has 1 atom stereocenters. The number of aryl methyl sites for hydroxylation is 1. The van der Waals surface area contributed by atoms with Crippen LogP contribution in [0.5, 0.6) is 5.75 Å². The molecule has 0 radical (unpaired) electrons. The van der Waals surface area contributed by atoms with E-state index in [4.69, 9.17) is 4.74 Å². The Morgan fingerprint density at radius 3 is 2.56 bits per heavy atom. The number of nitrogens with zero attached hydrogens (tertiary/aromatic N) is 2. The van der Waals surface area contributed by atoms with Crippen LogP contribution in [0.1, 0.15) is 29.2 Å². The number of benzene rings is 2. The number of ether oxygens (including phenoxy) is 1. The maximum Gasteiger partial charge on any atom is 0.300 e. The topological polar surface area (TPSA) is 79.7 Å². The van der Waals surface area contributed by atoms with Crippen molar-refractivity contribution in [2.45, 2.75) is 18.9 Å². The second-order valence-electron chi connectivity index (χ2n) is 7.70. The van der Waals surface area contributed by atoms with Crippen LogP contribution in [0.2, 0.25) is 0 Å². The summed E-state index contributed by atoms with van der Waals surface area (Å²) in [6.45, 7) is 0.665. The van der Waals surface area contributed by atoms with Crippen LogP contribution in [0.25, 0.3) is 5.76 Å². The summed E-state index contributed by atoms with van der Waals surface area (Å²) in [6.07, 6.45) is 4.93. The van der Waals surface area contributed by atoms with E-state index in [0.29, 0.717) is 23.4 Å². The Morgan fingerprint density at radius 1 is 1.06 bits per heavy atom. The average molecular weight is 491 g/mol. The largest absolute Gasteiger partial charge is 0.507 e. The lowest BCUT2D eigenvalue weighted by atomic mass is 9.94. The van der Waals surface area contributed by atoms with E-state index in [2.05, 4.69) is 20.9 Å². The van der Waals surface area contributed by atoms with Gasteiger partial charge >= 0.3 is 0 Å². The summed E-state index contributed by atoms with van der Waals surface area (Å²) < 4.78 is 6.52. The first kappa shape index (κ1) is 20.5. The molecule has 6 nitrogen and oxygen atoms in total. The summed E-state index contributed by atoms with van der Waals surface area (Å²) in [6, 6.07) is 15.2. The highest BCUT2D eigenvalue weighted by Crippen LogP contribution is 2.42. The third-order valence-electron chi connectivity index (χ3n) is 5.75. The zero-order valence-corrected chi connectivity index (χ0v) is 18.6. The molecular weight excluding hydrogens is 472 g/mol. The maximum absolute atomic E-state index is 13.2. The molecule has 1 amide bonds. The molecular formula is C25H19BrN2O4. The van der Waals surface area contributed by atoms with Crippen LogP contribution in [0.3, 0.4) is 0 Å². The van der Waals surface area contributed by atoms with Crippen molar-refractivity contribution in [1.82, 2.24) is 4.98 Å². The van der Waals surface area contributed by atoms with Crippen LogP contribution in [0, 0.1) is 0 Å². The molecule has 32 heavy (non-hydrogen) atoms. The van der Waals surface area contributed by atoms with Gasteiger partial charge in [-0.2, -0.15) is 0 Å². The minimum absolute atomic E-state index is 0.0563. The van der Waals surface area contributed by atoms with Crippen LogP contribution in [0.15, 0.2) is 77.0 Å². The summed E-state index contributed by atoms with van der Waals surface area (Å²) in [5, 5.41) is 11.3. The smallest absolute Gasteiger partial charge is 0.300 e. The van der Waals surface area contributed by atoms with E-state index in [1.165, 1.54) is 4.90 Å². The highest BCUT2D eigenvalue weighted by atomic mass is 79.9. The van der Waals surface area contributed by atoms with E-state index >= 15 is 0 Å². The maximum atomic E-state index is 13.2. The van der Waals surface area contributed by atoms with E-state index in [0.717, 1.165) is 28.6 Å². The molecule has 1 aromatic heterocycles. The molecule has 2 aliphatic heterocycles. The predicted molar refractivity (Wildman–Crippen MR) is 123 cm³/mol. The first-order chi connectivity index (χ1) is 15.5. The molecule has 2 aliphatic rings. The number of amides is 1. The van der Waals surface area contributed by atoms with E-state index in [-0.39, 0.29) is 11.3 Å². The van der Waals surface area contributed by atoms with Crippen molar-refractivity contribution in [3.8, 4) is 5.75 Å². The first-order valence-electron chi connectivity index (χ1n) is 10.3. The van der Waals surface area contributed by atoms with Crippen LogP contribution >= 0.6 is 15.9 Å². The normalized spacial score (nSPS) is 19.5. The van der Waals surface area contributed by atoms with Crippen LogP contribution in [0.4, 0.5) is 5.69 Å². The Morgan fingerprint density at radius 2 is 1.81 bits per heavy atom. The number of halogens is 1. The number of fused-ring (bicyclic) bond motifs is 1. The zero-order valence-electron chi connectivity index (χ0n) is 17.0. The lowest BCUT2D eigenvalue weighted by molar-refractivity contribution is -0.132. The minimum Gasteiger partial charge on any atom is -0.507 e. The van der Waals surface area contributed by atoms with Gasteiger partial charge in [-0.1, -0.05) is 15.9 Å². The molecule has 5 rings (SSSR count). The van der Waals surface area contributed by atoms with E-state index in [1.54, 1.807) is 48.8 Å². The second kappa shape index (κ2) is 8.24. The van der Waals surface area contributed by atoms with Gasteiger partial charge < -0.3 is 9.84 Å². The van der Waals surface area contributed by atoms with Gasteiger partial charge in [0.05, 0.1) is 18.2 Å². The summed E-state index contributed by atoms with van der Waals surface area (Å²) in [5.74, 6) is -0.815. The molecule has 0 spiro atoms. The lowest BCUT2D eigenvalue weighted by Crippen LogP contribution is -2.29. The highest BCUT2D eigenvalue weighted by Gasteiger charge is 2.47. The molecule has 1 unspecified atom stereocenters. The van der Waals surface area contributed by atoms with Crippen LogP contribution in [-0.4, -0.2) is 28.4 Å². The summed E-state index contributed by atoms with van der Waals surface area (Å²) in [7, 11) is 0. The number of aromatic nitrogens is 1. The van der Waals surface area contributed by atoms with Crippen molar-refractivity contribution in [3.05, 3.63) is 93.7 Å². The molecule has 0 bridgehead atoms. The first-order valence-corrected chi connectivity index (χ1v) is 11.1. The summed E-state index contributed by atoms with van der Waals surface area (Å²) in [5.41, 5.74) is 2.77. The molecule has 3 heterocycles. The van der Waals surface area contributed by atoms with Crippen LogP contribution < -0.4 is 9.64 Å². The monoisotopic (exact) mass is 490 g/mol. The average Bonchev–Trinajstić information content (AvgIpc) is 3.10.